The van der Waals surface area contributed by atoms with E-state index < -0.39 is 0 Å². The molecule has 0 atom stereocenters. The predicted molar refractivity (Wildman–Crippen MR) is 41.2 cm³/mol. The maximum Gasteiger partial charge on any atom is 1.00 e. The van der Waals surface area contributed by atoms with Gasteiger partial charge in [-0.25, -0.2) is 4.39 Å². The third-order valence-electron chi connectivity index (χ3n) is 0.804. The van der Waals surface area contributed by atoms with E-state index in [-0.39, 0.29) is 43.3 Å². The van der Waals surface area contributed by atoms with Gasteiger partial charge in [-0.3, -0.25) is 4.79 Å². The maximum absolute atomic E-state index is 12.0. The molecule has 0 saturated heterocycles. The van der Waals surface area contributed by atoms with E-state index in [9.17, 15) is 4.39 Å². The van der Waals surface area contributed by atoms with E-state index in [1.165, 1.54) is 24.3 Å². The molecule has 1 aromatic carbocycles. The molecule has 0 aliphatic heterocycles. The van der Waals surface area contributed by atoms with Crippen LogP contribution in [-0.2, 0) is 4.79 Å². The van der Waals surface area contributed by atoms with Crippen LogP contribution in [0.4, 0.5) is 4.39 Å². The second kappa shape index (κ2) is 9.00. The summed E-state index contributed by atoms with van der Waals surface area (Å²) in [5.74, 6) is -0.255. The Morgan fingerprint density at radius 2 is 1.75 bits per heavy atom. The van der Waals surface area contributed by atoms with Crippen LogP contribution >= 0.6 is 11.6 Å². The van der Waals surface area contributed by atoms with Crippen molar-refractivity contribution in [1.29, 1.82) is 0 Å². The van der Waals surface area contributed by atoms with Gasteiger partial charge >= 0.3 is 29.6 Å². The Morgan fingerprint density at radius 1 is 1.42 bits per heavy atom. The fourth-order valence-electron chi connectivity index (χ4n) is 0.430. The molecule has 0 bridgehead atoms. The molecule has 1 rings (SSSR count). The second-order valence-corrected chi connectivity index (χ2v) is 1.98. The first kappa shape index (κ1) is 14.4. The molecule has 5 heteroatoms. The van der Waals surface area contributed by atoms with Crippen molar-refractivity contribution in [3.05, 3.63) is 35.1 Å². The van der Waals surface area contributed by atoms with Gasteiger partial charge in [-0.05, 0) is 24.3 Å². The maximum atomic E-state index is 12.0. The van der Waals surface area contributed by atoms with E-state index in [2.05, 4.69) is 0 Å². The van der Waals surface area contributed by atoms with Crippen LogP contribution in [-0.4, -0.2) is 11.6 Å². The average molecular weight is 201 g/mol. The SMILES string of the molecule is Fc1ccc(Cl)cc1.O=CO.[H-].[Na+]. The predicted octanol–water partition coefficient (Wildman–Crippen LogP) is -0.704. The van der Waals surface area contributed by atoms with Crippen LogP contribution < -0.4 is 29.6 Å². The van der Waals surface area contributed by atoms with E-state index in [1.54, 1.807) is 0 Å². The van der Waals surface area contributed by atoms with Gasteiger partial charge in [0.2, 0.25) is 0 Å². The smallest absolute Gasteiger partial charge is 1.00 e. The first-order valence-electron chi connectivity index (χ1n) is 2.69. The van der Waals surface area contributed by atoms with Crippen molar-refractivity contribution in [1.82, 2.24) is 0 Å². The zero-order valence-corrected chi connectivity index (χ0v) is 9.25. The Bertz CT molecular complexity index is 199. The molecule has 0 aliphatic rings. The summed E-state index contributed by atoms with van der Waals surface area (Å²) in [6.07, 6.45) is 0. The fourth-order valence-corrected chi connectivity index (χ4v) is 0.556. The monoisotopic (exact) mass is 200 g/mol. The Morgan fingerprint density at radius 3 is 2.00 bits per heavy atom. The molecule has 0 heterocycles. The van der Waals surface area contributed by atoms with Crippen molar-refractivity contribution in [3.8, 4) is 0 Å². The molecule has 0 aliphatic carbocycles. The van der Waals surface area contributed by atoms with Crippen LogP contribution in [0, 0.1) is 5.82 Å². The molecule has 1 N–H and O–H groups in total. The number of rotatable bonds is 0. The number of halogens is 2. The van der Waals surface area contributed by atoms with Crippen LogP contribution in [0.5, 0.6) is 0 Å². The van der Waals surface area contributed by atoms with E-state index >= 15 is 0 Å². The number of benzene rings is 1. The van der Waals surface area contributed by atoms with Crippen LogP contribution in [0.1, 0.15) is 1.43 Å². The van der Waals surface area contributed by atoms with Crippen molar-refractivity contribution in [2.75, 3.05) is 0 Å². The Kier molecular flexibility index (Phi) is 10.8. The summed E-state index contributed by atoms with van der Waals surface area (Å²) in [6.45, 7) is -0.250. The van der Waals surface area contributed by atoms with E-state index in [0.29, 0.717) is 5.02 Å². The molecule has 0 fully saturated rings. The van der Waals surface area contributed by atoms with Gasteiger partial charge in [0, 0.05) is 5.02 Å². The van der Waals surface area contributed by atoms with Gasteiger partial charge in [-0.15, -0.1) is 0 Å². The van der Waals surface area contributed by atoms with Gasteiger partial charge in [0.1, 0.15) is 5.82 Å². The minimum absolute atomic E-state index is 0. The molecule has 0 radical (unpaired) electrons. The summed E-state index contributed by atoms with van der Waals surface area (Å²) >= 11 is 5.44. The topological polar surface area (TPSA) is 37.3 Å². The van der Waals surface area contributed by atoms with Crippen LogP contribution in [0.25, 0.3) is 0 Å². The fraction of sp³-hybridized carbons (Fsp3) is 0. The molecular formula is C7H7ClFNaO2. The van der Waals surface area contributed by atoms with Gasteiger partial charge in [-0.1, -0.05) is 11.6 Å². The van der Waals surface area contributed by atoms with Crippen molar-refractivity contribution in [3.63, 3.8) is 0 Å². The third-order valence-corrected chi connectivity index (χ3v) is 1.06. The zero-order chi connectivity index (χ0) is 8.69. The number of carbonyl (C=O) groups is 1. The molecule has 2 nitrogen and oxygen atoms in total. The Labute approximate surface area is 98.1 Å². The number of hydrogen-bond acceptors (Lipinski definition) is 1. The summed E-state index contributed by atoms with van der Waals surface area (Å²) in [4.78, 5) is 8.36. The molecule has 0 spiro atoms. The number of carboxylic acid groups (broad SMARTS) is 1. The second-order valence-electron chi connectivity index (χ2n) is 1.54. The van der Waals surface area contributed by atoms with Crippen LogP contribution in [0.3, 0.4) is 0 Å². The minimum atomic E-state index is -0.255. The van der Waals surface area contributed by atoms with Crippen molar-refractivity contribution < 1.29 is 45.3 Å². The van der Waals surface area contributed by atoms with Crippen molar-refractivity contribution in [2.24, 2.45) is 0 Å². The molecule has 12 heavy (non-hydrogen) atoms. The van der Waals surface area contributed by atoms with Gasteiger partial charge in [0.25, 0.3) is 6.47 Å². The van der Waals surface area contributed by atoms with Crippen LogP contribution in [0.15, 0.2) is 24.3 Å². The molecular weight excluding hydrogens is 194 g/mol. The number of hydrogen-bond donors (Lipinski definition) is 1. The van der Waals surface area contributed by atoms with Crippen molar-refractivity contribution in [2.45, 2.75) is 0 Å². The van der Waals surface area contributed by atoms with E-state index in [1.807, 2.05) is 0 Å². The zero-order valence-electron chi connectivity index (χ0n) is 7.50. The average Bonchev–Trinajstić information content (AvgIpc) is 1.97. The van der Waals surface area contributed by atoms with Crippen LogP contribution in [0.2, 0.25) is 5.02 Å². The summed E-state index contributed by atoms with van der Waals surface area (Å²) in [5.41, 5.74) is 0. The first-order chi connectivity index (χ1) is 5.20. The minimum Gasteiger partial charge on any atom is -1.00 e. The Balaban J connectivity index is -0.000000180. The molecule has 62 valence electrons. The molecule has 0 unspecified atom stereocenters. The standard InChI is InChI=1S/C6H4ClF.CH2O2.Na.H/c7-5-1-3-6(8)4-2-5;2-1-3;;/h1-4H;1H,(H,2,3);;/q;;+1;-1. The Hall–Kier alpha value is -0.0900. The summed E-state index contributed by atoms with van der Waals surface area (Å²) < 4.78 is 12.0. The largest absolute Gasteiger partial charge is 1.00 e. The third kappa shape index (κ3) is 8.01. The summed E-state index contributed by atoms with van der Waals surface area (Å²) in [7, 11) is 0. The molecule has 0 amide bonds. The van der Waals surface area contributed by atoms with Gasteiger partial charge in [0.15, 0.2) is 0 Å². The van der Waals surface area contributed by atoms with Gasteiger partial charge in [-0.2, -0.15) is 0 Å². The molecule has 0 saturated carbocycles. The van der Waals surface area contributed by atoms with Gasteiger partial charge in [0.05, 0.1) is 0 Å². The summed E-state index contributed by atoms with van der Waals surface area (Å²) in [5, 5.41) is 7.45. The molecule has 0 aromatic heterocycles. The van der Waals surface area contributed by atoms with Gasteiger partial charge < -0.3 is 6.53 Å². The normalized spacial score (nSPS) is 7.17. The first-order valence-corrected chi connectivity index (χ1v) is 3.07. The van der Waals surface area contributed by atoms with E-state index in [4.69, 9.17) is 21.5 Å². The van der Waals surface area contributed by atoms with E-state index in [0.717, 1.165) is 0 Å². The van der Waals surface area contributed by atoms with Crippen molar-refractivity contribution >= 4 is 18.1 Å². The quantitative estimate of drug-likeness (QED) is 0.444. The summed E-state index contributed by atoms with van der Waals surface area (Å²) in [6, 6.07) is 5.67. The molecule has 1 aromatic rings.